The standard InChI is InChI=1S/C16H20N2O/c1-10-4-5-13-9-15(17-14(13)8-10)16(19)18(3)11(2)12-6-7-12/h4-5,8-9,11-12,17H,6-7H2,1-3H3. The minimum Gasteiger partial charge on any atom is -0.351 e. The number of nitrogens with zero attached hydrogens (tertiary/aromatic N) is 1. The van der Waals surface area contributed by atoms with E-state index in [1.165, 1.54) is 18.4 Å². The van der Waals surface area contributed by atoms with Crippen molar-refractivity contribution in [3.05, 3.63) is 35.5 Å². The maximum atomic E-state index is 12.5. The van der Waals surface area contributed by atoms with Gasteiger partial charge in [-0.25, -0.2) is 0 Å². The molecule has 1 aromatic carbocycles. The van der Waals surface area contributed by atoms with Crippen LogP contribution in [0.1, 0.15) is 35.8 Å². The second-order valence-corrected chi connectivity index (χ2v) is 5.77. The fraction of sp³-hybridized carbons (Fsp3) is 0.438. The molecule has 1 saturated carbocycles. The summed E-state index contributed by atoms with van der Waals surface area (Å²) < 4.78 is 0. The largest absolute Gasteiger partial charge is 0.351 e. The highest BCUT2D eigenvalue weighted by Crippen LogP contribution is 2.35. The molecule has 1 atom stereocenters. The van der Waals surface area contributed by atoms with E-state index in [4.69, 9.17) is 0 Å². The number of H-pyrrole nitrogens is 1. The molecule has 100 valence electrons. The third-order valence-corrected chi connectivity index (χ3v) is 4.24. The third kappa shape index (κ3) is 2.25. The first-order valence-electron chi connectivity index (χ1n) is 6.93. The summed E-state index contributed by atoms with van der Waals surface area (Å²) in [6, 6.07) is 8.49. The molecule has 1 aliphatic carbocycles. The summed E-state index contributed by atoms with van der Waals surface area (Å²) in [5, 5.41) is 1.10. The number of fused-ring (bicyclic) bond motifs is 1. The molecule has 1 fully saturated rings. The molecule has 0 bridgehead atoms. The Bertz CT molecular complexity index is 625. The fourth-order valence-corrected chi connectivity index (χ4v) is 2.63. The Hall–Kier alpha value is -1.77. The van der Waals surface area contributed by atoms with Gasteiger partial charge in [0.15, 0.2) is 0 Å². The van der Waals surface area contributed by atoms with Crippen LogP contribution < -0.4 is 0 Å². The van der Waals surface area contributed by atoms with Crippen molar-refractivity contribution in [3.8, 4) is 0 Å². The van der Waals surface area contributed by atoms with Crippen molar-refractivity contribution in [1.29, 1.82) is 0 Å². The van der Waals surface area contributed by atoms with Crippen LogP contribution in [0.25, 0.3) is 10.9 Å². The van der Waals surface area contributed by atoms with Gasteiger partial charge in [0, 0.05) is 24.0 Å². The van der Waals surface area contributed by atoms with Crippen LogP contribution in [-0.4, -0.2) is 28.9 Å². The van der Waals surface area contributed by atoms with Gasteiger partial charge in [-0.2, -0.15) is 0 Å². The van der Waals surface area contributed by atoms with Crippen molar-refractivity contribution in [2.24, 2.45) is 5.92 Å². The minimum atomic E-state index is 0.0910. The number of carbonyl (C=O) groups is 1. The summed E-state index contributed by atoms with van der Waals surface area (Å²) in [5.41, 5.74) is 2.93. The van der Waals surface area contributed by atoms with E-state index in [-0.39, 0.29) is 5.91 Å². The summed E-state index contributed by atoms with van der Waals surface area (Å²) in [6.07, 6.45) is 2.51. The molecule has 0 aliphatic heterocycles. The van der Waals surface area contributed by atoms with Crippen molar-refractivity contribution in [2.45, 2.75) is 32.7 Å². The number of carbonyl (C=O) groups excluding carboxylic acids is 1. The van der Waals surface area contributed by atoms with Crippen molar-refractivity contribution >= 4 is 16.8 Å². The summed E-state index contributed by atoms with van der Waals surface area (Å²) in [5.74, 6) is 0.786. The van der Waals surface area contributed by atoms with E-state index in [0.717, 1.165) is 10.9 Å². The molecule has 2 aromatic rings. The van der Waals surface area contributed by atoms with Gasteiger partial charge in [-0.05, 0) is 50.3 Å². The van der Waals surface area contributed by atoms with Crippen LogP contribution in [0.3, 0.4) is 0 Å². The Morgan fingerprint density at radius 1 is 1.37 bits per heavy atom. The lowest BCUT2D eigenvalue weighted by Gasteiger charge is -2.24. The molecule has 1 aliphatic rings. The van der Waals surface area contributed by atoms with E-state index >= 15 is 0 Å². The van der Waals surface area contributed by atoms with Crippen LogP contribution in [-0.2, 0) is 0 Å². The number of amides is 1. The molecule has 0 radical (unpaired) electrons. The fourth-order valence-electron chi connectivity index (χ4n) is 2.63. The normalized spacial score (nSPS) is 16.6. The average molecular weight is 256 g/mol. The molecule has 0 saturated heterocycles. The van der Waals surface area contributed by atoms with Crippen LogP contribution in [0.2, 0.25) is 0 Å². The van der Waals surface area contributed by atoms with Gasteiger partial charge in [-0.3, -0.25) is 4.79 Å². The minimum absolute atomic E-state index is 0.0910. The predicted molar refractivity (Wildman–Crippen MR) is 77.3 cm³/mol. The molecule has 1 unspecified atom stereocenters. The third-order valence-electron chi connectivity index (χ3n) is 4.24. The lowest BCUT2D eigenvalue weighted by Crippen LogP contribution is -2.36. The van der Waals surface area contributed by atoms with Crippen molar-refractivity contribution < 1.29 is 4.79 Å². The molecule has 3 heteroatoms. The number of rotatable bonds is 3. The Morgan fingerprint density at radius 3 is 2.79 bits per heavy atom. The first-order valence-corrected chi connectivity index (χ1v) is 6.93. The molecular weight excluding hydrogens is 236 g/mol. The van der Waals surface area contributed by atoms with E-state index in [1.54, 1.807) is 0 Å². The van der Waals surface area contributed by atoms with Crippen molar-refractivity contribution in [3.63, 3.8) is 0 Å². The molecule has 0 spiro atoms. The molecule has 19 heavy (non-hydrogen) atoms. The van der Waals surface area contributed by atoms with E-state index in [0.29, 0.717) is 17.7 Å². The quantitative estimate of drug-likeness (QED) is 0.898. The molecule has 3 nitrogen and oxygen atoms in total. The molecule has 1 amide bonds. The lowest BCUT2D eigenvalue weighted by molar-refractivity contribution is 0.0722. The second-order valence-electron chi connectivity index (χ2n) is 5.77. The van der Waals surface area contributed by atoms with Gasteiger partial charge in [-0.1, -0.05) is 12.1 Å². The van der Waals surface area contributed by atoms with Crippen molar-refractivity contribution in [1.82, 2.24) is 9.88 Å². The lowest BCUT2D eigenvalue weighted by atomic mass is 10.1. The highest BCUT2D eigenvalue weighted by molar-refractivity contribution is 5.98. The molecule has 3 rings (SSSR count). The first-order chi connectivity index (χ1) is 9.06. The number of aryl methyl sites for hydroxylation is 1. The number of nitrogens with one attached hydrogen (secondary N) is 1. The van der Waals surface area contributed by atoms with Gasteiger partial charge in [0.25, 0.3) is 5.91 Å². The molecule has 1 heterocycles. The topological polar surface area (TPSA) is 36.1 Å². The SMILES string of the molecule is Cc1ccc2cc(C(=O)N(C)C(C)C3CC3)[nH]c2c1. The monoisotopic (exact) mass is 256 g/mol. The van der Waals surface area contributed by atoms with E-state index in [2.05, 4.69) is 37.0 Å². The van der Waals surface area contributed by atoms with Crippen LogP contribution in [0.5, 0.6) is 0 Å². The number of hydrogen-bond donors (Lipinski definition) is 1. The number of hydrogen-bond acceptors (Lipinski definition) is 1. The molecule has 1 N–H and O–H groups in total. The van der Waals surface area contributed by atoms with Crippen molar-refractivity contribution in [2.75, 3.05) is 7.05 Å². The van der Waals surface area contributed by atoms with Gasteiger partial charge in [0.2, 0.25) is 0 Å². The predicted octanol–water partition coefficient (Wildman–Crippen LogP) is 3.35. The Balaban J connectivity index is 1.88. The first kappa shape index (κ1) is 12.3. The van der Waals surface area contributed by atoms with Gasteiger partial charge in [-0.15, -0.1) is 0 Å². The Morgan fingerprint density at radius 2 is 2.11 bits per heavy atom. The number of benzene rings is 1. The average Bonchev–Trinajstić information content (AvgIpc) is 3.16. The summed E-state index contributed by atoms with van der Waals surface area (Å²) >= 11 is 0. The zero-order valence-corrected chi connectivity index (χ0v) is 11.7. The Kier molecular flexibility index (Phi) is 2.85. The second kappa shape index (κ2) is 4.41. The van der Waals surface area contributed by atoms with Gasteiger partial charge >= 0.3 is 0 Å². The highest BCUT2D eigenvalue weighted by Gasteiger charge is 2.33. The van der Waals surface area contributed by atoms with Crippen LogP contribution in [0.4, 0.5) is 0 Å². The maximum Gasteiger partial charge on any atom is 0.270 e. The number of aromatic amines is 1. The summed E-state index contributed by atoms with van der Waals surface area (Å²) in [4.78, 5) is 17.6. The molecule has 1 aromatic heterocycles. The van der Waals surface area contributed by atoms with Gasteiger partial charge < -0.3 is 9.88 Å². The van der Waals surface area contributed by atoms with Crippen LogP contribution in [0, 0.1) is 12.8 Å². The summed E-state index contributed by atoms with van der Waals surface area (Å²) in [6.45, 7) is 4.20. The van der Waals surface area contributed by atoms with E-state index in [1.807, 2.05) is 18.0 Å². The van der Waals surface area contributed by atoms with Gasteiger partial charge in [0.05, 0.1) is 0 Å². The smallest absolute Gasteiger partial charge is 0.270 e. The van der Waals surface area contributed by atoms with Gasteiger partial charge in [0.1, 0.15) is 5.69 Å². The zero-order chi connectivity index (χ0) is 13.6. The number of aromatic nitrogens is 1. The van der Waals surface area contributed by atoms with Crippen LogP contribution in [0.15, 0.2) is 24.3 Å². The highest BCUT2D eigenvalue weighted by atomic mass is 16.2. The Labute approximate surface area is 113 Å². The zero-order valence-electron chi connectivity index (χ0n) is 11.7. The molecular formula is C16H20N2O. The van der Waals surface area contributed by atoms with Crippen LogP contribution >= 0.6 is 0 Å². The van der Waals surface area contributed by atoms with E-state index in [9.17, 15) is 4.79 Å². The maximum absolute atomic E-state index is 12.5. The van der Waals surface area contributed by atoms with E-state index < -0.39 is 0 Å². The summed E-state index contributed by atoms with van der Waals surface area (Å²) in [7, 11) is 1.90.